The fraction of sp³-hybridized carbons (Fsp3) is 0.333. The van der Waals surface area contributed by atoms with E-state index in [0.717, 1.165) is 18.9 Å². The van der Waals surface area contributed by atoms with Gasteiger partial charge in [-0.15, -0.1) is 11.3 Å². The Morgan fingerprint density at radius 3 is 2.77 bits per heavy atom. The maximum atomic E-state index is 15.2. The van der Waals surface area contributed by atoms with Crippen LogP contribution in [-0.4, -0.2) is 58.5 Å². The van der Waals surface area contributed by atoms with Gasteiger partial charge in [0.25, 0.3) is 17.7 Å². The zero-order valence-corrected chi connectivity index (χ0v) is 21.9. The van der Waals surface area contributed by atoms with Crippen LogP contribution in [0.5, 0.6) is 5.75 Å². The molecule has 1 fully saturated rings. The average Bonchev–Trinajstić information content (AvgIpc) is 3.49. The van der Waals surface area contributed by atoms with Gasteiger partial charge in [0.15, 0.2) is 4.96 Å². The summed E-state index contributed by atoms with van der Waals surface area (Å²) in [6.45, 7) is 1.15. The van der Waals surface area contributed by atoms with Gasteiger partial charge < -0.3 is 20.3 Å². The highest BCUT2D eigenvalue weighted by Gasteiger charge is 2.37. The van der Waals surface area contributed by atoms with Gasteiger partial charge in [0, 0.05) is 35.9 Å². The van der Waals surface area contributed by atoms with Crippen molar-refractivity contribution in [2.24, 2.45) is 0 Å². The maximum Gasteiger partial charge on any atom is 0.272 e. The summed E-state index contributed by atoms with van der Waals surface area (Å²) in [6, 6.07) is 4.05. The number of likely N-dealkylation sites (N-methyl/N-ethyl adjacent to an activating group) is 1. The molecule has 3 aliphatic rings. The van der Waals surface area contributed by atoms with Crippen LogP contribution in [0.15, 0.2) is 53.8 Å². The number of allylic oxidation sites excluding steroid dienone is 4. The predicted octanol–water partition coefficient (Wildman–Crippen LogP) is 3.68. The zero-order valence-electron chi connectivity index (χ0n) is 21.1. The van der Waals surface area contributed by atoms with Crippen molar-refractivity contribution < 1.29 is 27.9 Å². The summed E-state index contributed by atoms with van der Waals surface area (Å²) in [5.74, 6) is -2.25. The number of halogens is 2. The molecule has 0 bridgehead atoms. The molecular formula is C27H25F2N5O4S. The summed E-state index contributed by atoms with van der Waals surface area (Å²) >= 11 is 1.22. The number of nitrogens with zero attached hydrogens (tertiary/aromatic N) is 3. The van der Waals surface area contributed by atoms with Crippen molar-refractivity contribution in [3.05, 3.63) is 70.8 Å². The van der Waals surface area contributed by atoms with E-state index < -0.39 is 35.3 Å². The van der Waals surface area contributed by atoms with E-state index in [1.165, 1.54) is 41.5 Å². The number of aromatic nitrogens is 2. The van der Waals surface area contributed by atoms with E-state index in [9.17, 15) is 18.8 Å². The third-order valence-corrected chi connectivity index (χ3v) is 7.96. The van der Waals surface area contributed by atoms with Crippen LogP contribution in [0.3, 0.4) is 0 Å². The van der Waals surface area contributed by atoms with Gasteiger partial charge in [-0.2, -0.15) is 0 Å². The molecule has 1 saturated carbocycles. The first kappa shape index (κ1) is 25.2. The Morgan fingerprint density at radius 1 is 1.23 bits per heavy atom. The second-order valence-electron chi connectivity index (χ2n) is 10.1. The Labute approximate surface area is 226 Å². The van der Waals surface area contributed by atoms with E-state index in [-0.39, 0.29) is 24.2 Å². The molecule has 0 saturated heterocycles. The van der Waals surface area contributed by atoms with Gasteiger partial charge >= 0.3 is 0 Å². The maximum absolute atomic E-state index is 15.2. The Kier molecular flexibility index (Phi) is 6.01. The molecule has 9 nitrogen and oxygen atoms in total. The zero-order chi connectivity index (χ0) is 27.5. The van der Waals surface area contributed by atoms with Crippen LogP contribution < -0.4 is 20.3 Å². The monoisotopic (exact) mass is 553 g/mol. The van der Waals surface area contributed by atoms with Crippen LogP contribution >= 0.6 is 11.3 Å². The molecule has 3 heterocycles. The number of amides is 3. The lowest BCUT2D eigenvalue weighted by atomic mass is 9.84. The number of hydrogen-bond donors (Lipinski definition) is 2. The molecule has 1 aliphatic heterocycles. The number of ether oxygens (including phenoxy) is 1. The van der Waals surface area contributed by atoms with Crippen LogP contribution in [0.4, 0.5) is 14.5 Å². The highest BCUT2D eigenvalue weighted by atomic mass is 32.1. The first-order chi connectivity index (χ1) is 18.6. The van der Waals surface area contributed by atoms with E-state index in [0.29, 0.717) is 27.7 Å². The topological polar surface area (TPSA) is 105 Å². The Balaban J connectivity index is 1.19. The molecule has 3 amide bonds. The SMILES string of the molecule is CN1C(=O)[C@@H](NC(=O)c2cn3c(C4C=CC(F)=CC4(C)F)csc3n2)COc2cc(C(=O)NC3CC3)ccc21. The number of imidazole rings is 1. The minimum Gasteiger partial charge on any atom is -0.489 e. The Morgan fingerprint density at radius 2 is 2.03 bits per heavy atom. The van der Waals surface area contributed by atoms with Crippen molar-refractivity contribution in [1.29, 1.82) is 0 Å². The largest absolute Gasteiger partial charge is 0.489 e. The fourth-order valence-corrected chi connectivity index (χ4v) is 5.69. The van der Waals surface area contributed by atoms with Crippen molar-refractivity contribution >= 4 is 39.7 Å². The van der Waals surface area contributed by atoms with Gasteiger partial charge in [0.05, 0.1) is 11.6 Å². The summed E-state index contributed by atoms with van der Waals surface area (Å²) < 4.78 is 36.2. The molecule has 39 heavy (non-hydrogen) atoms. The van der Waals surface area contributed by atoms with E-state index >= 15 is 4.39 Å². The second kappa shape index (κ2) is 9.30. The van der Waals surface area contributed by atoms with Crippen molar-refractivity contribution in [1.82, 2.24) is 20.0 Å². The smallest absolute Gasteiger partial charge is 0.272 e. The van der Waals surface area contributed by atoms with Crippen LogP contribution in [0, 0.1) is 0 Å². The minimum absolute atomic E-state index is 0.0430. The van der Waals surface area contributed by atoms with E-state index in [2.05, 4.69) is 15.6 Å². The standard InChI is InChI=1S/C27H25F2N5O4S/c1-27(29)10-15(28)4-7-17(27)21-13-39-26-32-18(11-34(21)26)24(36)31-19-12-38-22-9-14(23(35)30-16-5-6-16)3-8-20(22)33(2)25(19)37/h3-4,7-11,13,16-17,19H,5-6,12H2,1-2H3,(H,30,35)(H,31,36)/t17?,19-,27?/m0/s1. The van der Waals surface area contributed by atoms with Gasteiger partial charge in [-0.3, -0.25) is 18.8 Å². The van der Waals surface area contributed by atoms with E-state index in [1.54, 1.807) is 35.0 Å². The first-order valence-electron chi connectivity index (χ1n) is 12.5. The molecule has 12 heteroatoms. The lowest BCUT2D eigenvalue weighted by Crippen LogP contribution is -2.49. The van der Waals surface area contributed by atoms with Crippen LogP contribution in [0.1, 0.15) is 52.2 Å². The Bertz CT molecular complexity index is 1570. The third kappa shape index (κ3) is 4.69. The molecule has 2 aromatic heterocycles. The quantitative estimate of drug-likeness (QED) is 0.502. The van der Waals surface area contributed by atoms with Gasteiger partial charge in [0.2, 0.25) is 0 Å². The van der Waals surface area contributed by atoms with Crippen molar-refractivity contribution in [2.45, 2.75) is 43.4 Å². The van der Waals surface area contributed by atoms with Gasteiger partial charge in [-0.05, 0) is 50.1 Å². The van der Waals surface area contributed by atoms with Crippen LogP contribution in [0.2, 0.25) is 0 Å². The predicted molar refractivity (Wildman–Crippen MR) is 141 cm³/mol. The summed E-state index contributed by atoms with van der Waals surface area (Å²) in [5, 5.41) is 7.33. The lowest BCUT2D eigenvalue weighted by molar-refractivity contribution is -0.120. The number of fused-ring (bicyclic) bond motifs is 2. The first-order valence-corrected chi connectivity index (χ1v) is 13.4. The van der Waals surface area contributed by atoms with Crippen LogP contribution in [0.25, 0.3) is 4.96 Å². The fourth-order valence-electron chi connectivity index (χ4n) is 4.78. The molecule has 3 aromatic rings. The van der Waals surface area contributed by atoms with E-state index in [4.69, 9.17) is 4.74 Å². The van der Waals surface area contributed by atoms with Crippen molar-refractivity contribution in [3.8, 4) is 5.75 Å². The molecule has 2 N–H and O–H groups in total. The lowest BCUT2D eigenvalue weighted by Gasteiger charge is -2.27. The van der Waals surface area contributed by atoms with Gasteiger partial charge in [-0.1, -0.05) is 6.08 Å². The third-order valence-electron chi connectivity index (χ3n) is 7.10. The molecule has 6 rings (SSSR count). The van der Waals surface area contributed by atoms with Gasteiger partial charge in [0.1, 0.15) is 35.6 Å². The molecular weight excluding hydrogens is 528 g/mol. The van der Waals surface area contributed by atoms with E-state index in [1.807, 2.05) is 0 Å². The number of nitrogens with one attached hydrogen (secondary N) is 2. The number of carbonyl (C=O) groups is 3. The highest BCUT2D eigenvalue weighted by Crippen LogP contribution is 2.40. The number of thiazole rings is 1. The number of benzene rings is 1. The molecule has 2 aliphatic carbocycles. The minimum atomic E-state index is -1.96. The molecule has 202 valence electrons. The molecule has 3 atom stereocenters. The summed E-state index contributed by atoms with van der Waals surface area (Å²) in [6.07, 6.45) is 7.00. The number of rotatable bonds is 5. The Hall–Kier alpha value is -4.06. The molecule has 2 unspecified atom stereocenters. The number of carbonyl (C=O) groups excluding carboxylic acids is 3. The second-order valence-corrected chi connectivity index (χ2v) is 11.0. The average molecular weight is 554 g/mol. The summed E-state index contributed by atoms with van der Waals surface area (Å²) in [5.41, 5.74) is -0.485. The van der Waals surface area contributed by atoms with Crippen molar-refractivity contribution in [2.75, 3.05) is 18.6 Å². The summed E-state index contributed by atoms with van der Waals surface area (Å²) in [7, 11) is 1.57. The number of alkyl halides is 1. The normalized spacial score (nSPS) is 24.6. The highest BCUT2D eigenvalue weighted by molar-refractivity contribution is 7.15. The number of anilines is 1. The summed E-state index contributed by atoms with van der Waals surface area (Å²) in [4.78, 5) is 44.9. The number of hydrogen-bond acceptors (Lipinski definition) is 6. The molecule has 1 aromatic carbocycles. The molecule has 0 radical (unpaired) electrons. The molecule has 0 spiro atoms. The van der Waals surface area contributed by atoms with Gasteiger partial charge in [-0.25, -0.2) is 13.8 Å². The van der Waals surface area contributed by atoms with Crippen molar-refractivity contribution in [3.63, 3.8) is 0 Å². The van der Waals surface area contributed by atoms with Crippen LogP contribution in [-0.2, 0) is 4.79 Å².